The van der Waals surface area contributed by atoms with Crippen LogP contribution in [0.5, 0.6) is 0 Å². The van der Waals surface area contributed by atoms with Gasteiger partial charge in [0.1, 0.15) is 0 Å². The SMILES string of the molecule is CN1CCN(CC(=O)c2cc(C(F)(F)F)ccc2C(F)(F)F)CC1. The van der Waals surface area contributed by atoms with Crippen LogP contribution in [-0.4, -0.2) is 55.4 Å². The van der Waals surface area contributed by atoms with E-state index in [0.717, 1.165) is 0 Å². The van der Waals surface area contributed by atoms with Crippen molar-refractivity contribution in [1.29, 1.82) is 0 Å². The first-order valence-electron chi connectivity index (χ1n) is 7.21. The van der Waals surface area contributed by atoms with Crippen LogP contribution < -0.4 is 0 Å². The van der Waals surface area contributed by atoms with Gasteiger partial charge in [0.05, 0.1) is 17.7 Å². The van der Waals surface area contributed by atoms with Crippen molar-refractivity contribution in [3.63, 3.8) is 0 Å². The Hall–Kier alpha value is -1.61. The van der Waals surface area contributed by atoms with Gasteiger partial charge >= 0.3 is 12.4 Å². The fourth-order valence-corrected chi connectivity index (χ4v) is 2.49. The molecule has 0 atom stereocenters. The number of ketones is 1. The summed E-state index contributed by atoms with van der Waals surface area (Å²) in [6.45, 7) is 1.90. The third-order valence-electron chi connectivity index (χ3n) is 3.92. The van der Waals surface area contributed by atoms with Crippen LogP contribution in [0.1, 0.15) is 21.5 Å². The molecule has 2 rings (SSSR count). The first kappa shape index (κ1) is 18.7. The molecule has 9 heteroatoms. The molecule has 0 aromatic heterocycles. The fraction of sp³-hybridized carbons (Fsp3) is 0.533. The Labute approximate surface area is 134 Å². The molecule has 0 radical (unpaired) electrons. The molecule has 0 aliphatic carbocycles. The van der Waals surface area contributed by atoms with Crippen LogP contribution in [0.3, 0.4) is 0 Å². The quantitative estimate of drug-likeness (QED) is 0.615. The molecule has 1 aromatic rings. The van der Waals surface area contributed by atoms with E-state index < -0.39 is 34.8 Å². The number of alkyl halides is 6. The standard InChI is InChI=1S/C15H16F6N2O/c1-22-4-6-23(7-5-22)9-13(24)11-8-10(14(16,17)18)2-3-12(11)15(19,20)21/h2-3,8H,4-7,9H2,1H3. The van der Waals surface area contributed by atoms with Gasteiger partial charge in [-0.15, -0.1) is 0 Å². The average molecular weight is 354 g/mol. The minimum atomic E-state index is -4.89. The molecular formula is C15H16F6N2O. The number of likely N-dealkylation sites (N-methyl/N-ethyl adjacent to an activating group) is 1. The Bertz CT molecular complexity index is 603. The van der Waals surface area contributed by atoms with Crippen LogP contribution in [-0.2, 0) is 12.4 Å². The van der Waals surface area contributed by atoms with Gasteiger partial charge in [0, 0.05) is 31.7 Å². The number of carbonyl (C=O) groups excluding carboxylic acids is 1. The summed E-state index contributed by atoms with van der Waals surface area (Å²) in [4.78, 5) is 15.9. The summed E-state index contributed by atoms with van der Waals surface area (Å²) in [7, 11) is 1.87. The third kappa shape index (κ3) is 4.47. The lowest BCUT2D eigenvalue weighted by molar-refractivity contribution is -0.141. The molecule has 0 bridgehead atoms. The fourth-order valence-electron chi connectivity index (χ4n) is 2.49. The average Bonchev–Trinajstić information content (AvgIpc) is 2.47. The van der Waals surface area contributed by atoms with Crippen molar-refractivity contribution in [2.45, 2.75) is 12.4 Å². The highest BCUT2D eigenvalue weighted by Gasteiger charge is 2.38. The van der Waals surface area contributed by atoms with E-state index in [1.54, 1.807) is 4.90 Å². The number of rotatable bonds is 3. The molecule has 0 amide bonds. The molecule has 1 aliphatic rings. The van der Waals surface area contributed by atoms with Gasteiger partial charge in [-0.3, -0.25) is 9.69 Å². The number of nitrogens with zero attached hydrogens (tertiary/aromatic N) is 2. The van der Waals surface area contributed by atoms with Gasteiger partial charge in [-0.1, -0.05) is 0 Å². The zero-order valence-electron chi connectivity index (χ0n) is 12.8. The first-order valence-corrected chi connectivity index (χ1v) is 7.21. The highest BCUT2D eigenvalue weighted by molar-refractivity contribution is 5.99. The number of piperazine rings is 1. The monoisotopic (exact) mass is 354 g/mol. The molecule has 1 heterocycles. The molecule has 0 unspecified atom stereocenters. The van der Waals surface area contributed by atoms with E-state index in [9.17, 15) is 31.1 Å². The minimum Gasteiger partial charge on any atom is -0.304 e. The Morgan fingerprint density at radius 2 is 1.58 bits per heavy atom. The second-order valence-electron chi connectivity index (χ2n) is 5.76. The maximum atomic E-state index is 13.0. The van der Waals surface area contributed by atoms with E-state index in [-0.39, 0.29) is 6.54 Å². The van der Waals surface area contributed by atoms with Gasteiger partial charge in [0.2, 0.25) is 0 Å². The molecule has 134 valence electrons. The number of carbonyl (C=O) groups is 1. The Morgan fingerprint density at radius 1 is 1.00 bits per heavy atom. The summed E-state index contributed by atoms with van der Waals surface area (Å²) in [6.07, 6.45) is -9.70. The van der Waals surface area contributed by atoms with E-state index in [0.29, 0.717) is 44.4 Å². The van der Waals surface area contributed by atoms with Crippen molar-refractivity contribution < 1.29 is 31.1 Å². The van der Waals surface area contributed by atoms with Gasteiger partial charge in [-0.05, 0) is 25.2 Å². The van der Waals surface area contributed by atoms with Crippen molar-refractivity contribution >= 4 is 5.78 Å². The molecule has 0 saturated carbocycles. The summed E-state index contributed by atoms with van der Waals surface area (Å²) >= 11 is 0. The molecule has 3 nitrogen and oxygen atoms in total. The highest BCUT2D eigenvalue weighted by atomic mass is 19.4. The summed E-state index contributed by atoms with van der Waals surface area (Å²) in [5.41, 5.74) is -3.54. The summed E-state index contributed by atoms with van der Waals surface area (Å²) in [6, 6.07) is 0.955. The number of hydrogen-bond acceptors (Lipinski definition) is 3. The Balaban J connectivity index is 2.29. The normalized spacial score (nSPS) is 18.0. The second-order valence-corrected chi connectivity index (χ2v) is 5.76. The van der Waals surface area contributed by atoms with Gasteiger partial charge in [-0.2, -0.15) is 26.3 Å². The van der Waals surface area contributed by atoms with E-state index in [2.05, 4.69) is 0 Å². The molecule has 1 fully saturated rings. The Kier molecular flexibility index (Phi) is 5.24. The summed E-state index contributed by atoms with van der Waals surface area (Å²) in [5.74, 6) is -0.960. The molecule has 0 N–H and O–H groups in total. The van der Waals surface area contributed by atoms with E-state index in [1.165, 1.54) is 0 Å². The van der Waals surface area contributed by atoms with Crippen LogP contribution in [0.4, 0.5) is 26.3 Å². The van der Waals surface area contributed by atoms with Crippen molar-refractivity contribution in [1.82, 2.24) is 9.80 Å². The predicted molar refractivity (Wildman–Crippen MR) is 74.7 cm³/mol. The number of halogens is 6. The lowest BCUT2D eigenvalue weighted by atomic mass is 9.99. The molecule has 1 aliphatic heterocycles. The molecule has 24 heavy (non-hydrogen) atoms. The van der Waals surface area contributed by atoms with Gasteiger partial charge < -0.3 is 4.90 Å². The van der Waals surface area contributed by atoms with E-state index >= 15 is 0 Å². The van der Waals surface area contributed by atoms with Crippen LogP contribution in [0.25, 0.3) is 0 Å². The molecule has 0 spiro atoms. The van der Waals surface area contributed by atoms with Gasteiger partial charge in [0.25, 0.3) is 0 Å². The zero-order chi connectivity index (χ0) is 18.1. The van der Waals surface area contributed by atoms with E-state index in [4.69, 9.17) is 0 Å². The zero-order valence-corrected chi connectivity index (χ0v) is 12.8. The molecular weight excluding hydrogens is 338 g/mol. The number of Topliss-reactive ketones (excluding diaryl/α,β-unsaturated/α-hetero) is 1. The lowest BCUT2D eigenvalue weighted by Gasteiger charge is -2.32. The number of benzene rings is 1. The third-order valence-corrected chi connectivity index (χ3v) is 3.92. The van der Waals surface area contributed by atoms with Crippen LogP contribution in [0.2, 0.25) is 0 Å². The maximum absolute atomic E-state index is 13.0. The first-order chi connectivity index (χ1) is 11.0. The second kappa shape index (κ2) is 6.72. The molecule has 1 aromatic carbocycles. The number of hydrogen-bond donors (Lipinski definition) is 0. The minimum absolute atomic E-state index is 0.293. The highest BCUT2D eigenvalue weighted by Crippen LogP contribution is 2.36. The smallest absolute Gasteiger partial charge is 0.304 e. The van der Waals surface area contributed by atoms with Crippen molar-refractivity contribution in [2.75, 3.05) is 39.8 Å². The molecule has 1 saturated heterocycles. The van der Waals surface area contributed by atoms with Crippen LogP contribution in [0, 0.1) is 0 Å². The summed E-state index contributed by atoms with van der Waals surface area (Å²) in [5, 5.41) is 0. The largest absolute Gasteiger partial charge is 0.417 e. The van der Waals surface area contributed by atoms with Gasteiger partial charge in [-0.25, -0.2) is 0 Å². The van der Waals surface area contributed by atoms with Crippen LogP contribution in [0.15, 0.2) is 18.2 Å². The van der Waals surface area contributed by atoms with Crippen molar-refractivity contribution in [3.8, 4) is 0 Å². The Morgan fingerprint density at radius 3 is 2.08 bits per heavy atom. The topological polar surface area (TPSA) is 23.6 Å². The summed E-state index contributed by atoms with van der Waals surface area (Å²) < 4.78 is 77.3. The maximum Gasteiger partial charge on any atom is 0.417 e. The lowest BCUT2D eigenvalue weighted by Crippen LogP contribution is -2.46. The predicted octanol–water partition coefficient (Wildman–Crippen LogP) is 3.15. The van der Waals surface area contributed by atoms with Gasteiger partial charge in [0.15, 0.2) is 5.78 Å². The van der Waals surface area contributed by atoms with Crippen LogP contribution >= 0.6 is 0 Å². The van der Waals surface area contributed by atoms with E-state index in [1.807, 2.05) is 11.9 Å². The van der Waals surface area contributed by atoms with Crippen molar-refractivity contribution in [2.24, 2.45) is 0 Å². The van der Waals surface area contributed by atoms with Crippen molar-refractivity contribution in [3.05, 3.63) is 34.9 Å².